The Morgan fingerprint density at radius 3 is 2.17 bits per heavy atom. The third-order valence-electron chi connectivity index (χ3n) is 0.316. The van der Waals surface area contributed by atoms with Crippen LogP contribution in [0, 0.1) is 0 Å². The van der Waals surface area contributed by atoms with Crippen LogP contribution in [0.25, 0.3) is 0 Å². The lowest BCUT2D eigenvalue weighted by atomic mass is 10.5. The first kappa shape index (κ1) is 5.43. The summed E-state index contributed by atoms with van der Waals surface area (Å²) in [6.45, 7) is -0.519. The molecule has 0 aromatic rings. The maximum Gasteiger partial charge on any atom is 0.305 e. The van der Waals surface area contributed by atoms with Crippen LogP contribution in [0.15, 0.2) is 0 Å². The monoisotopic (exact) mass is 89.0 g/mol. The maximum atomic E-state index is 9.40. The van der Waals surface area contributed by atoms with Gasteiger partial charge in [-0.25, -0.2) is 5.11 Å². The van der Waals surface area contributed by atoms with Gasteiger partial charge in [0.25, 0.3) is 0 Å². The van der Waals surface area contributed by atoms with Gasteiger partial charge in [0.05, 0.1) is 13.0 Å². The zero-order valence-corrected chi connectivity index (χ0v) is 3.18. The molecule has 0 bridgehead atoms. The predicted molar refractivity (Wildman–Crippen MR) is 17.8 cm³/mol. The lowest BCUT2D eigenvalue weighted by Crippen LogP contribution is -1.95. The fraction of sp³-hybridized carbons (Fsp3) is 0.667. The molecule has 0 saturated heterocycles. The van der Waals surface area contributed by atoms with Gasteiger partial charge in [-0.15, -0.1) is 0 Å². The number of carboxylic acid groups (broad SMARTS) is 1. The predicted octanol–water partition coefficient (Wildman–Crippen LogP) is -0.108. The van der Waals surface area contributed by atoms with Gasteiger partial charge in [-0.3, -0.25) is 4.79 Å². The summed E-state index contributed by atoms with van der Waals surface area (Å²) in [5.74, 6) is -1.02. The highest BCUT2D eigenvalue weighted by molar-refractivity contribution is 5.66. The molecule has 3 heteroatoms. The van der Waals surface area contributed by atoms with Crippen molar-refractivity contribution in [3.63, 3.8) is 0 Å². The molecule has 0 rings (SSSR count). The van der Waals surface area contributed by atoms with Gasteiger partial charge in [0.15, 0.2) is 0 Å². The van der Waals surface area contributed by atoms with E-state index in [4.69, 9.17) is 5.11 Å². The van der Waals surface area contributed by atoms with E-state index in [1.165, 1.54) is 0 Å². The number of rotatable bonds is 2. The molecule has 0 aliphatic rings. The van der Waals surface area contributed by atoms with E-state index in [0.29, 0.717) is 0 Å². The molecule has 0 heterocycles. The minimum Gasteiger partial charge on any atom is -0.481 e. The van der Waals surface area contributed by atoms with Crippen molar-refractivity contribution in [3.05, 3.63) is 0 Å². The topological polar surface area (TPSA) is 57.2 Å². The Kier molecular flexibility index (Phi) is 2.40. The van der Waals surface area contributed by atoms with Crippen LogP contribution in [0.4, 0.5) is 0 Å². The van der Waals surface area contributed by atoms with Gasteiger partial charge in [-0.1, -0.05) is 0 Å². The summed E-state index contributed by atoms with van der Waals surface area (Å²) in [4.78, 5) is 9.40. The Hall–Kier alpha value is -0.570. The van der Waals surface area contributed by atoms with Crippen LogP contribution in [0.5, 0.6) is 0 Å². The number of hydrogen-bond donors (Lipinski definition) is 1. The van der Waals surface area contributed by atoms with E-state index in [1.54, 1.807) is 0 Å². The first-order valence-electron chi connectivity index (χ1n) is 1.57. The second kappa shape index (κ2) is 2.66. The summed E-state index contributed by atoms with van der Waals surface area (Å²) < 4.78 is 0. The Morgan fingerprint density at radius 2 is 2.17 bits per heavy atom. The Labute approximate surface area is 35.2 Å². The van der Waals surface area contributed by atoms with Crippen LogP contribution < -0.4 is 0 Å². The largest absolute Gasteiger partial charge is 0.481 e. The van der Waals surface area contributed by atoms with Crippen molar-refractivity contribution in [1.82, 2.24) is 0 Å². The Balaban J connectivity index is 2.83. The van der Waals surface area contributed by atoms with E-state index in [2.05, 4.69) is 0 Å². The molecule has 35 valence electrons. The van der Waals surface area contributed by atoms with Crippen molar-refractivity contribution in [3.8, 4) is 0 Å². The highest BCUT2D eigenvalue weighted by Gasteiger charge is 1.90. The summed E-state index contributed by atoms with van der Waals surface area (Å²) in [7, 11) is 0. The van der Waals surface area contributed by atoms with E-state index in [0.717, 1.165) is 0 Å². The second-order valence-corrected chi connectivity index (χ2v) is 0.848. The zero-order chi connectivity index (χ0) is 4.99. The highest BCUT2D eigenvalue weighted by atomic mass is 16.4. The summed E-state index contributed by atoms with van der Waals surface area (Å²) in [6.07, 6.45) is -0.264. The molecule has 1 N–H and O–H groups in total. The SMILES string of the molecule is [O]CCC(=O)O. The number of aliphatic carboxylic acids is 1. The van der Waals surface area contributed by atoms with Crippen LogP contribution in [-0.4, -0.2) is 17.7 Å². The summed E-state index contributed by atoms with van der Waals surface area (Å²) in [5.41, 5.74) is 0. The first-order valence-corrected chi connectivity index (χ1v) is 1.57. The highest BCUT2D eigenvalue weighted by Crippen LogP contribution is 1.71. The minimum absolute atomic E-state index is 0.264. The molecule has 0 spiro atoms. The summed E-state index contributed by atoms with van der Waals surface area (Å²) in [5, 5.41) is 17.1. The molecular weight excluding hydrogens is 84.0 g/mol. The van der Waals surface area contributed by atoms with Crippen molar-refractivity contribution in [2.45, 2.75) is 6.42 Å². The third kappa shape index (κ3) is 3.43. The van der Waals surface area contributed by atoms with Gasteiger partial charge in [-0.2, -0.15) is 0 Å². The average Bonchev–Trinajstić information content (AvgIpc) is 1.35. The lowest BCUT2D eigenvalue weighted by Gasteiger charge is -1.77. The molecule has 0 unspecified atom stereocenters. The van der Waals surface area contributed by atoms with Gasteiger partial charge >= 0.3 is 5.97 Å². The van der Waals surface area contributed by atoms with Crippen molar-refractivity contribution in [2.24, 2.45) is 0 Å². The molecule has 3 nitrogen and oxygen atoms in total. The smallest absolute Gasteiger partial charge is 0.305 e. The van der Waals surface area contributed by atoms with E-state index < -0.39 is 12.6 Å². The molecule has 0 saturated carbocycles. The first-order chi connectivity index (χ1) is 2.77. The van der Waals surface area contributed by atoms with E-state index in [1.807, 2.05) is 0 Å². The molecule has 0 atom stereocenters. The van der Waals surface area contributed by atoms with Crippen LogP contribution in [0.3, 0.4) is 0 Å². The number of carboxylic acids is 1. The van der Waals surface area contributed by atoms with Crippen molar-refractivity contribution < 1.29 is 15.0 Å². The number of carbonyl (C=O) groups is 1. The zero-order valence-electron chi connectivity index (χ0n) is 3.18. The molecule has 0 aromatic carbocycles. The summed E-state index contributed by atoms with van der Waals surface area (Å²) in [6, 6.07) is 0. The van der Waals surface area contributed by atoms with E-state index >= 15 is 0 Å². The van der Waals surface area contributed by atoms with Gasteiger partial charge in [0.1, 0.15) is 0 Å². The fourth-order valence-corrected chi connectivity index (χ4v) is 0.0873. The van der Waals surface area contributed by atoms with Gasteiger partial charge in [0.2, 0.25) is 0 Å². The number of hydrogen-bond acceptors (Lipinski definition) is 1. The molecule has 0 fully saturated rings. The maximum absolute atomic E-state index is 9.40. The second-order valence-electron chi connectivity index (χ2n) is 0.848. The summed E-state index contributed by atoms with van der Waals surface area (Å²) >= 11 is 0. The van der Waals surface area contributed by atoms with E-state index in [-0.39, 0.29) is 6.42 Å². The molecule has 6 heavy (non-hydrogen) atoms. The molecule has 0 amide bonds. The third-order valence-corrected chi connectivity index (χ3v) is 0.316. The van der Waals surface area contributed by atoms with Gasteiger partial charge in [0, 0.05) is 0 Å². The van der Waals surface area contributed by atoms with Gasteiger partial charge in [-0.05, 0) is 0 Å². The van der Waals surface area contributed by atoms with Crippen LogP contribution >= 0.6 is 0 Å². The quantitative estimate of drug-likeness (QED) is 0.513. The normalized spacial score (nSPS) is 8.17. The Morgan fingerprint density at radius 1 is 1.67 bits per heavy atom. The lowest BCUT2D eigenvalue weighted by molar-refractivity contribution is -0.138. The Bertz CT molecular complexity index is 50.0. The van der Waals surface area contributed by atoms with E-state index in [9.17, 15) is 9.90 Å². The van der Waals surface area contributed by atoms with Crippen LogP contribution in [-0.2, 0) is 9.90 Å². The fourth-order valence-electron chi connectivity index (χ4n) is 0.0873. The van der Waals surface area contributed by atoms with Crippen LogP contribution in [0.2, 0.25) is 0 Å². The molecular formula is C3H5O3. The average molecular weight is 89.1 g/mol. The minimum atomic E-state index is -1.02. The van der Waals surface area contributed by atoms with Crippen molar-refractivity contribution in [1.29, 1.82) is 0 Å². The molecule has 0 aromatic heterocycles. The standard InChI is InChI=1S/C3H5O3/c4-2-1-3(5)6/h1-2H2,(H,5,6). The molecule has 0 aliphatic heterocycles. The van der Waals surface area contributed by atoms with Gasteiger partial charge < -0.3 is 5.11 Å². The molecule has 1 radical (unpaired) electrons. The van der Waals surface area contributed by atoms with Crippen LogP contribution in [0.1, 0.15) is 6.42 Å². The van der Waals surface area contributed by atoms with Crippen molar-refractivity contribution >= 4 is 5.97 Å². The van der Waals surface area contributed by atoms with Crippen molar-refractivity contribution in [2.75, 3.05) is 6.61 Å². The molecule has 0 aliphatic carbocycles.